The van der Waals surface area contributed by atoms with Gasteiger partial charge in [-0.05, 0) is 42.5 Å². The molecular weight excluding hydrogens is 406 g/mol. The van der Waals surface area contributed by atoms with E-state index in [4.69, 9.17) is 9.47 Å². The number of amides is 1. The maximum absolute atomic E-state index is 13.1. The number of Topliss-reactive ketones (excluding diaryl/α,β-unsaturated/α-hetero) is 1. The van der Waals surface area contributed by atoms with Crippen LogP contribution in [0.25, 0.3) is 5.76 Å². The minimum Gasteiger partial charge on any atom is -0.507 e. The fourth-order valence-corrected chi connectivity index (χ4v) is 3.88. The van der Waals surface area contributed by atoms with Gasteiger partial charge >= 0.3 is 0 Å². The lowest BCUT2D eigenvalue weighted by atomic mass is 9.94. The van der Waals surface area contributed by atoms with Crippen LogP contribution in [0.5, 0.6) is 5.75 Å². The average molecular weight is 438 g/mol. The van der Waals surface area contributed by atoms with Gasteiger partial charge in [0.05, 0.1) is 18.2 Å². The summed E-state index contributed by atoms with van der Waals surface area (Å²) in [6, 6.07) is 14.1. The first-order chi connectivity index (χ1) is 15.5. The topological polar surface area (TPSA) is 76.1 Å². The van der Waals surface area contributed by atoms with Gasteiger partial charge in [-0.3, -0.25) is 9.59 Å². The van der Waals surface area contributed by atoms with Gasteiger partial charge in [-0.1, -0.05) is 50.2 Å². The SMILES string of the molecule is CCCOc1cccc(/C(O)=C2\C(=O)C(=O)N(CCCOC)C2c2ccc(CC)cc2)c1. The predicted octanol–water partition coefficient (Wildman–Crippen LogP) is 4.50. The number of aliphatic hydroxyl groups excluding tert-OH is 1. The molecule has 0 aromatic heterocycles. The maximum atomic E-state index is 13.1. The first-order valence-electron chi connectivity index (χ1n) is 11.1. The predicted molar refractivity (Wildman–Crippen MR) is 124 cm³/mol. The van der Waals surface area contributed by atoms with Crippen LogP contribution in [0.2, 0.25) is 0 Å². The second kappa shape index (κ2) is 11.0. The number of hydrogen-bond acceptors (Lipinski definition) is 5. The number of methoxy groups -OCH3 is 1. The Kier molecular flexibility index (Phi) is 8.06. The Labute approximate surface area is 189 Å². The van der Waals surface area contributed by atoms with Gasteiger partial charge in [-0.2, -0.15) is 0 Å². The molecule has 1 atom stereocenters. The second-order valence-corrected chi connectivity index (χ2v) is 7.81. The molecule has 1 heterocycles. The first kappa shape index (κ1) is 23.5. The fourth-order valence-electron chi connectivity index (χ4n) is 3.88. The summed E-state index contributed by atoms with van der Waals surface area (Å²) in [7, 11) is 1.60. The molecule has 1 fully saturated rings. The Morgan fingerprint density at radius 2 is 1.81 bits per heavy atom. The number of nitrogens with zero attached hydrogens (tertiary/aromatic N) is 1. The highest BCUT2D eigenvalue weighted by molar-refractivity contribution is 6.46. The van der Waals surface area contributed by atoms with Gasteiger partial charge in [-0.15, -0.1) is 0 Å². The molecule has 170 valence electrons. The summed E-state index contributed by atoms with van der Waals surface area (Å²) in [6.07, 6.45) is 2.34. The van der Waals surface area contributed by atoms with Crippen molar-refractivity contribution in [2.45, 2.75) is 39.2 Å². The number of hydrogen-bond donors (Lipinski definition) is 1. The zero-order valence-corrected chi connectivity index (χ0v) is 19.0. The molecule has 3 rings (SSSR count). The molecule has 2 aromatic carbocycles. The Morgan fingerprint density at radius 1 is 1.06 bits per heavy atom. The van der Waals surface area contributed by atoms with Crippen LogP contribution in [-0.2, 0) is 20.7 Å². The third kappa shape index (κ3) is 5.02. The Bertz CT molecular complexity index is 980. The van der Waals surface area contributed by atoms with E-state index >= 15 is 0 Å². The van der Waals surface area contributed by atoms with Crippen molar-refractivity contribution >= 4 is 17.4 Å². The number of ketones is 1. The Morgan fingerprint density at radius 3 is 2.47 bits per heavy atom. The van der Waals surface area contributed by atoms with Crippen LogP contribution in [0.1, 0.15) is 49.4 Å². The maximum Gasteiger partial charge on any atom is 0.295 e. The van der Waals surface area contributed by atoms with Crippen molar-refractivity contribution in [3.05, 3.63) is 70.8 Å². The Balaban J connectivity index is 2.07. The van der Waals surface area contributed by atoms with Gasteiger partial charge in [-0.25, -0.2) is 0 Å². The number of carbonyl (C=O) groups excluding carboxylic acids is 2. The summed E-state index contributed by atoms with van der Waals surface area (Å²) in [5.74, 6) is -0.867. The third-order valence-electron chi connectivity index (χ3n) is 5.57. The summed E-state index contributed by atoms with van der Waals surface area (Å²) >= 11 is 0. The van der Waals surface area contributed by atoms with Gasteiger partial charge in [0, 0.05) is 25.8 Å². The van der Waals surface area contributed by atoms with E-state index in [2.05, 4.69) is 6.92 Å². The minimum atomic E-state index is -0.677. The summed E-state index contributed by atoms with van der Waals surface area (Å²) in [5, 5.41) is 11.2. The zero-order valence-electron chi connectivity index (χ0n) is 19.0. The zero-order chi connectivity index (χ0) is 23.1. The molecule has 0 saturated carbocycles. The van der Waals surface area contributed by atoms with Crippen molar-refractivity contribution in [3.8, 4) is 5.75 Å². The molecule has 32 heavy (non-hydrogen) atoms. The van der Waals surface area contributed by atoms with Crippen molar-refractivity contribution in [3.63, 3.8) is 0 Å². The molecule has 1 aliphatic heterocycles. The molecule has 0 spiro atoms. The summed E-state index contributed by atoms with van der Waals surface area (Å²) < 4.78 is 10.8. The lowest BCUT2D eigenvalue weighted by Crippen LogP contribution is -2.31. The molecule has 1 N–H and O–H groups in total. The quantitative estimate of drug-likeness (QED) is 0.256. The van der Waals surface area contributed by atoms with E-state index < -0.39 is 17.7 Å². The molecule has 1 amide bonds. The van der Waals surface area contributed by atoms with Crippen LogP contribution >= 0.6 is 0 Å². The number of aliphatic hydroxyl groups is 1. The molecule has 0 bridgehead atoms. The van der Waals surface area contributed by atoms with Gasteiger partial charge in [0.2, 0.25) is 0 Å². The molecule has 6 nitrogen and oxygen atoms in total. The van der Waals surface area contributed by atoms with Crippen molar-refractivity contribution in [1.82, 2.24) is 4.90 Å². The Hall–Kier alpha value is -3.12. The second-order valence-electron chi connectivity index (χ2n) is 7.81. The van der Waals surface area contributed by atoms with Crippen molar-refractivity contribution in [1.29, 1.82) is 0 Å². The molecule has 1 saturated heterocycles. The molecular formula is C26H31NO5. The first-order valence-corrected chi connectivity index (χ1v) is 11.1. The van der Waals surface area contributed by atoms with E-state index in [0.29, 0.717) is 37.5 Å². The lowest BCUT2D eigenvalue weighted by molar-refractivity contribution is -0.140. The average Bonchev–Trinajstić information content (AvgIpc) is 3.07. The largest absolute Gasteiger partial charge is 0.507 e. The fraction of sp³-hybridized carbons (Fsp3) is 0.385. The number of benzene rings is 2. The van der Waals surface area contributed by atoms with E-state index in [1.165, 1.54) is 4.90 Å². The van der Waals surface area contributed by atoms with Crippen LogP contribution in [-0.4, -0.2) is 48.6 Å². The van der Waals surface area contributed by atoms with Crippen LogP contribution < -0.4 is 4.74 Å². The van der Waals surface area contributed by atoms with E-state index in [1.54, 1.807) is 31.4 Å². The minimum absolute atomic E-state index is 0.101. The van der Waals surface area contributed by atoms with Crippen LogP contribution in [0.4, 0.5) is 0 Å². The van der Waals surface area contributed by atoms with E-state index in [-0.39, 0.29) is 11.3 Å². The van der Waals surface area contributed by atoms with Gasteiger partial charge in [0.25, 0.3) is 11.7 Å². The lowest BCUT2D eigenvalue weighted by Gasteiger charge is -2.25. The molecule has 0 aliphatic carbocycles. The van der Waals surface area contributed by atoms with E-state index in [0.717, 1.165) is 24.0 Å². The van der Waals surface area contributed by atoms with Crippen LogP contribution in [0.15, 0.2) is 54.1 Å². The molecule has 1 unspecified atom stereocenters. The van der Waals surface area contributed by atoms with Gasteiger partial charge in [0.15, 0.2) is 0 Å². The normalized spacial score (nSPS) is 17.7. The van der Waals surface area contributed by atoms with Gasteiger partial charge in [0.1, 0.15) is 11.5 Å². The third-order valence-corrected chi connectivity index (χ3v) is 5.57. The highest BCUT2D eigenvalue weighted by Crippen LogP contribution is 2.39. The van der Waals surface area contributed by atoms with Crippen LogP contribution in [0, 0.1) is 0 Å². The molecule has 2 aromatic rings. The summed E-state index contributed by atoms with van der Waals surface area (Å²) in [6.45, 7) is 5.46. The number of aryl methyl sites for hydroxylation is 1. The number of ether oxygens (including phenoxy) is 2. The molecule has 6 heteroatoms. The number of carbonyl (C=O) groups is 2. The summed E-state index contributed by atoms with van der Waals surface area (Å²) in [4.78, 5) is 27.5. The number of rotatable bonds is 10. The molecule has 1 aliphatic rings. The van der Waals surface area contributed by atoms with Crippen molar-refractivity contribution in [2.24, 2.45) is 0 Å². The highest BCUT2D eigenvalue weighted by Gasteiger charge is 2.45. The standard InChI is InChI=1S/C26H31NO5/c1-4-15-32-21-9-6-8-20(17-21)24(28)22-23(19-12-10-18(5-2)11-13-19)27(14-7-16-31-3)26(30)25(22)29/h6,8-13,17,23,28H,4-5,7,14-16H2,1-3H3/b24-22+. The monoisotopic (exact) mass is 437 g/mol. The smallest absolute Gasteiger partial charge is 0.295 e. The summed E-state index contributed by atoms with van der Waals surface area (Å²) in [5.41, 5.74) is 2.50. The molecule has 0 radical (unpaired) electrons. The van der Waals surface area contributed by atoms with E-state index in [9.17, 15) is 14.7 Å². The van der Waals surface area contributed by atoms with Crippen molar-refractivity contribution in [2.75, 3.05) is 26.9 Å². The number of likely N-dealkylation sites (tertiary alicyclic amines) is 1. The van der Waals surface area contributed by atoms with Crippen LogP contribution in [0.3, 0.4) is 0 Å². The van der Waals surface area contributed by atoms with Gasteiger partial charge < -0.3 is 19.5 Å². The highest BCUT2D eigenvalue weighted by atomic mass is 16.5. The van der Waals surface area contributed by atoms with E-state index in [1.807, 2.05) is 31.2 Å². The van der Waals surface area contributed by atoms with Crippen molar-refractivity contribution < 1.29 is 24.2 Å².